The van der Waals surface area contributed by atoms with Crippen molar-refractivity contribution in [3.63, 3.8) is 0 Å². The second kappa shape index (κ2) is 16.7. The van der Waals surface area contributed by atoms with Gasteiger partial charge in [0.2, 0.25) is 0 Å². The maximum Gasteiger partial charge on any atom is 0.374 e. The average Bonchev–Trinajstić information content (AvgIpc) is 2.90. The monoisotopic (exact) mass is 604 g/mol. The molecule has 0 radical (unpaired) electrons. The molecule has 3 heterocycles. The van der Waals surface area contributed by atoms with E-state index >= 15 is 0 Å². The van der Waals surface area contributed by atoms with Gasteiger partial charge in [-0.2, -0.15) is 0 Å². The fourth-order valence-electron chi connectivity index (χ4n) is 3.85. The van der Waals surface area contributed by atoms with Gasteiger partial charge in [-0.15, -0.1) is 0 Å². The summed E-state index contributed by atoms with van der Waals surface area (Å²) < 4.78 is 46.0. The fraction of sp³-hybridized carbons (Fsp3) is 0.583. The zero-order valence-electron chi connectivity index (χ0n) is 22.3. The Kier molecular flexibility index (Phi) is 13.7. The Morgan fingerprint density at radius 1 is 0.575 bits per heavy atom. The van der Waals surface area contributed by atoms with Crippen LogP contribution in [0, 0.1) is 0 Å². The molecule has 3 rings (SSSR count). The van der Waals surface area contributed by atoms with E-state index in [1.807, 2.05) is 9.80 Å². The van der Waals surface area contributed by atoms with Crippen LogP contribution in [-0.2, 0) is 41.2 Å². The molecule has 4 N–H and O–H groups in total. The summed E-state index contributed by atoms with van der Waals surface area (Å²) in [5, 5.41) is 0. The predicted octanol–water partition coefficient (Wildman–Crippen LogP) is -0.533. The lowest BCUT2D eigenvalue weighted by molar-refractivity contribution is 0.00600. The largest absolute Gasteiger partial charge is 0.378 e. The summed E-state index contributed by atoms with van der Waals surface area (Å²) in [5.41, 5.74) is 0.584. The predicted molar refractivity (Wildman–Crippen MR) is 146 cm³/mol. The van der Waals surface area contributed by atoms with Crippen molar-refractivity contribution in [3.05, 3.63) is 47.8 Å². The topological polar surface area (TPSA) is 184 Å². The zero-order chi connectivity index (χ0) is 28.8. The molecule has 40 heavy (non-hydrogen) atoms. The molecule has 0 atom stereocenters. The number of nitrogens with zero attached hydrogens (tertiary/aromatic N) is 4. The van der Waals surface area contributed by atoms with Gasteiger partial charge in [-0.3, -0.25) is 18.9 Å². The van der Waals surface area contributed by atoms with Crippen LogP contribution in [0.1, 0.15) is 11.4 Å². The summed E-state index contributed by atoms with van der Waals surface area (Å²) in [7, 11) is -8.86. The average molecular weight is 605 g/mol. The highest BCUT2D eigenvalue weighted by molar-refractivity contribution is 7.60. The minimum Gasteiger partial charge on any atom is -0.378 e. The molecule has 0 aliphatic carbocycles. The molecule has 2 aromatic heterocycles. The molecule has 0 amide bonds. The minimum absolute atomic E-state index is 0.252. The van der Waals surface area contributed by atoms with Crippen LogP contribution >= 0.6 is 15.2 Å². The molecular weight excluding hydrogens is 566 g/mol. The maximum absolute atomic E-state index is 11.6. The molecule has 1 aliphatic rings. The van der Waals surface area contributed by atoms with E-state index in [1.54, 1.807) is 24.3 Å². The van der Waals surface area contributed by atoms with Crippen molar-refractivity contribution in [2.24, 2.45) is 0 Å². The normalized spacial score (nSPS) is 19.1. The van der Waals surface area contributed by atoms with Crippen molar-refractivity contribution < 1.29 is 47.7 Å². The molecule has 224 valence electrons. The minimum atomic E-state index is -4.43. The number of aromatic nitrogens is 2. The number of hydrogen-bond acceptors (Lipinski definition) is 10. The van der Waals surface area contributed by atoms with Crippen LogP contribution in [0.3, 0.4) is 0 Å². The summed E-state index contributed by atoms with van der Waals surface area (Å²) in [4.78, 5) is 50.0. The molecule has 0 bridgehead atoms. The third kappa shape index (κ3) is 12.5. The Balaban J connectivity index is 1.50. The standard InChI is InChI=1S/C24H38N4O10P2/c29-39(30,31)23-5-1-3-21(25-23)19-27-7-11-35-15-17-37-13-9-28(10-14-38-18-16-36-12-8-27)20-22-4-2-6-24(26-22)40(32,33)34/h1-6H,7-20H2,(H2,29,30,31)(H2,32,33,34). The fourth-order valence-corrected chi connectivity index (χ4v) is 4.93. The third-order valence-electron chi connectivity index (χ3n) is 5.90. The summed E-state index contributed by atoms with van der Waals surface area (Å²) in [6.45, 7) is 6.32. The van der Waals surface area contributed by atoms with Crippen LogP contribution in [0.25, 0.3) is 0 Å². The van der Waals surface area contributed by atoms with E-state index in [-0.39, 0.29) is 10.9 Å². The number of hydrogen-bond donors (Lipinski definition) is 4. The molecule has 1 saturated heterocycles. The lowest BCUT2D eigenvalue weighted by Crippen LogP contribution is -2.33. The van der Waals surface area contributed by atoms with Crippen LogP contribution in [0.5, 0.6) is 0 Å². The Morgan fingerprint density at radius 3 is 1.20 bits per heavy atom. The summed E-state index contributed by atoms with van der Waals surface area (Å²) >= 11 is 0. The molecule has 0 spiro atoms. The third-order valence-corrected chi connectivity index (χ3v) is 7.60. The van der Waals surface area contributed by atoms with Gasteiger partial charge in [-0.25, -0.2) is 9.97 Å². The smallest absolute Gasteiger partial charge is 0.374 e. The SMILES string of the molecule is O=P(O)(O)c1cccc(CN2CCOCCOCCN(Cc3cccc(P(=O)(O)O)n3)CCOCCOCC2)n1. The van der Waals surface area contributed by atoms with Gasteiger partial charge in [-0.05, 0) is 24.3 Å². The lowest BCUT2D eigenvalue weighted by atomic mass is 10.3. The zero-order valence-corrected chi connectivity index (χ0v) is 24.1. The molecule has 0 saturated carbocycles. The van der Waals surface area contributed by atoms with Crippen molar-refractivity contribution in [2.75, 3.05) is 79.0 Å². The van der Waals surface area contributed by atoms with Crippen molar-refractivity contribution in [3.8, 4) is 0 Å². The Hall–Kier alpha value is -1.64. The van der Waals surface area contributed by atoms with E-state index in [9.17, 15) is 28.7 Å². The van der Waals surface area contributed by atoms with Gasteiger partial charge < -0.3 is 38.5 Å². The van der Waals surface area contributed by atoms with Gasteiger partial charge in [0.05, 0.1) is 64.2 Å². The van der Waals surface area contributed by atoms with Crippen molar-refractivity contribution >= 4 is 26.1 Å². The van der Waals surface area contributed by atoms with Gasteiger partial charge in [0.15, 0.2) is 10.9 Å². The van der Waals surface area contributed by atoms with E-state index < -0.39 is 15.2 Å². The highest BCUT2D eigenvalue weighted by atomic mass is 31.2. The summed E-state index contributed by atoms with van der Waals surface area (Å²) in [6.07, 6.45) is 0. The van der Waals surface area contributed by atoms with E-state index in [0.717, 1.165) is 0 Å². The van der Waals surface area contributed by atoms with Crippen LogP contribution < -0.4 is 10.9 Å². The van der Waals surface area contributed by atoms with Gasteiger partial charge >= 0.3 is 15.2 Å². The number of rotatable bonds is 6. The first kappa shape index (κ1) is 32.9. The van der Waals surface area contributed by atoms with Crippen molar-refractivity contribution in [1.82, 2.24) is 19.8 Å². The molecule has 1 aliphatic heterocycles. The lowest BCUT2D eigenvalue weighted by Gasteiger charge is -2.23. The second-order valence-electron chi connectivity index (χ2n) is 9.06. The highest BCUT2D eigenvalue weighted by Gasteiger charge is 2.20. The molecule has 14 nitrogen and oxygen atoms in total. The van der Waals surface area contributed by atoms with Gasteiger partial charge in [-0.1, -0.05) is 12.1 Å². The van der Waals surface area contributed by atoms with Gasteiger partial charge in [0.25, 0.3) is 0 Å². The van der Waals surface area contributed by atoms with Crippen LogP contribution in [0.15, 0.2) is 36.4 Å². The summed E-state index contributed by atoms with van der Waals surface area (Å²) in [5.74, 6) is 0. The molecule has 2 aromatic rings. The van der Waals surface area contributed by atoms with Crippen LogP contribution in [-0.4, -0.2) is 118 Å². The number of ether oxygens (including phenoxy) is 4. The molecular formula is C24H38N4O10P2. The first-order chi connectivity index (χ1) is 19.1. The maximum atomic E-state index is 11.6. The van der Waals surface area contributed by atoms with Gasteiger partial charge in [0.1, 0.15) is 0 Å². The van der Waals surface area contributed by atoms with E-state index in [1.165, 1.54) is 12.1 Å². The first-order valence-corrected chi connectivity index (χ1v) is 16.1. The van der Waals surface area contributed by atoms with Crippen LogP contribution in [0.4, 0.5) is 0 Å². The van der Waals surface area contributed by atoms with Crippen molar-refractivity contribution in [2.45, 2.75) is 13.1 Å². The summed E-state index contributed by atoms with van der Waals surface area (Å²) in [6, 6.07) is 9.24. The molecule has 0 unspecified atom stereocenters. The van der Waals surface area contributed by atoms with E-state index in [0.29, 0.717) is 104 Å². The molecule has 1 fully saturated rings. The van der Waals surface area contributed by atoms with Crippen LogP contribution in [0.2, 0.25) is 0 Å². The quantitative estimate of drug-likeness (QED) is 0.309. The van der Waals surface area contributed by atoms with E-state index in [4.69, 9.17) is 18.9 Å². The Morgan fingerprint density at radius 2 is 0.900 bits per heavy atom. The molecule has 16 heteroatoms. The van der Waals surface area contributed by atoms with Gasteiger partial charge in [0, 0.05) is 39.3 Å². The Bertz CT molecular complexity index is 1020. The first-order valence-electron chi connectivity index (χ1n) is 12.9. The second-order valence-corrected chi connectivity index (χ2v) is 12.2. The highest BCUT2D eigenvalue weighted by Crippen LogP contribution is 2.32. The van der Waals surface area contributed by atoms with E-state index in [2.05, 4.69) is 9.97 Å². The van der Waals surface area contributed by atoms with Crippen molar-refractivity contribution in [1.29, 1.82) is 0 Å². The Labute approximate surface area is 233 Å². The molecule has 0 aromatic carbocycles. The number of pyridine rings is 2.